The van der Waals surface area contributed by atoms with Crippen molar-refractivity contribution in [1.82, 2.24) is 15.3 Å². The zero-order chi connectivity index (χ0) is 13.0. The van der Waals surface area contributed by atoms with Gasteiger partial charge in [0.2, 0.25) is 5.51 Å². The molecular weight excluding hydrogens is 240 g/mol. The van der Waals surface area contributed by atoms with Gasteiger partial charge in [-0.05, 0) is 24.7 Å². The van der Waals surface area contributed by atoms with Crippen LogP contribution in [0, 0.1) is 0 Å². The first kappa shape index (κ1) is 13.2. The maximum Gasteiger partial charge on any atom is 0.210 e. The summed E-state index contributed by atoms with van der Waals surface area (Å²) in [5.41, 5.74) is -0.189. The Morgan fingerprint density at radius 2 is 1.72 bits per heavy atom. The molecule has 4 nitrogen and oxygen atoms in total. The van der Waals surface area contributed by atoms with Crippen LogP contribution in [0.4, 0.5) is 8.96 Å². The van der Waals surface area contributed by atoms with Crippen LogP contribution in [0.5, 0.6) is 5.75 Å². The van der Waals surface area contributed by atoms with Crippen LogP contribution in [0.25, 0.3) is 0 Å². The molecule has 18 heavy (non-hydrogen) atoms. The summed E-state index contributed by atoms with van der Waals surface area (Å²) in [5.74, 6) is 0.141. The average Bonchev–Trinajstić information content (AvgIpc) is 2.34. The Kier molecular flexibility index (Phi) is 4.46. The van der Waals surface area contributed by atoms with E-state index in [-0.39, 0.29) is 5.75 Å². The number of halogens is 2. The molecule has 6 heteroatoms. The number of benzene rings is 1. The van der Waals surface area contributed by atoms with E-state index >= 15 is 0 Å². The summed E-state index contributed by atoms with van der Waals surface area (Å²) >= 11 is 0. The van der Waals surface area contributed by atoms with Crippen LogP contribution in [0.15, 0.2) is 24.3 Å². The van der Waals surface area contributed by atoms with Crippen molar-refractivity contribution in [1.29, 1.82) is 0 Å². The third-order valence-corrected chi connectivity index (χ3v) is 3.10. The summed E-state index contributed by atoms with van der Waals surface area (Å²) < 4.78 is 23.7. The van der Waals surface area contributed by atoms with E-state index in [1.165, 1.54) is 0 Å². The van der Waals surface area contributed by atoms with Gasteiger partial charge in [0.25, 0.3) is 0 Å². The van der Waals surface area contributed by atoms with Crippen LogP contribution in [0.2, 0.25) is 0 Å². The van der Waals surface area contributed by atoms with Gasteiger partial charge in [-0.1, -0.05) is 21.1 Å². The van der Waals surface area contributed by atoms with E-state index < -0.39 is 5.51 Å². The van der Waals surface area contributed by atoms with Gasteiger partial charge in [-0.15, -0.1) is 0 Å². The Labute approximate surface area is 105 Å². The number of likely N-dealkylation sites (N-methyl/N-ethyl adjacent to an activating group) is 1. The van der Waals surface area contributed by atoms with E-state index in [0.29, 0.717) is 0 Å². The van der Waals surface area contributed by atoms with E-state index in [4.69, 9.17) is 0 Å². The van der Waals surface area contributed by atoms with Gasteiger partial charge in [-0.3, -0.25) is 4.90 Å². The summed E-state index contributed by atoms with van der Waals surface area (Å²) in [4.78, 5) is 8.80. The molecule has 0 unspecified atom stereocenters. The molecule has 1 aliphatic rings. The highest BCUT2D eigenvalue weighted by molar-refractivity contribution is 5.26. The quantitative estimate of drug-likeness (QED) is 0.604. The van der Waals surface area contributed by atoms with E-state index in [2.05, 4.69) is 21.7 Å². The van der Waals surface area contributed by atoms with Gasteiger partial charge in [0, 0.05) is 32.7 Å². The highest BCUT2D eigenvalue weighted by atomic mass is 19.4. The first-order valence-corrected chi connectivity index (χ1v) is 5.93. The second-order valence-corrected chi connectivity index (χ2v) is 4.52. The monoisotopic (exact) mass is 257 g/mol. The lowest BCUT2D eigenvalue weighted by molar-refractivity contribution is -0.337. The fourth-order valence-electron chi connectivity index (χ4n) is 2.00. The first-order chi connectivity index (χ1) is 8.63. The Bertz CT molecular complexity index is 364. The van der Waals surface area contributed by atoms with Crippen molar-refractivity contribution in [3.05, 3.63) is 29.8 Å². The van der Waals surface area contributed by atoms with Gasteiger partial charge < -0.3 is 9.74 Å². The van der Waals surface area contributed by atoms with Crippen molar-refractivity contribution in [3.8, 4) is 5.75 Å². The fraction of sp³-hybridized carbons (Fsp3) is 0.500. The molecule has 1 aromatic carbocycles. The molecule has 2 rings (SSSR count). The number of piperazine rings is 1. The molecule has 1 saturated heterocycles. The van der Waals surface area contributed by atoms with Crippen molar-refractivity contribution >= 4 is 0 Å². The SMILES string of the molecule is CN1CCN(Cc2ccc(ON(F)F)cc2)CC1. The van der Waals surface area contributed by atoms with Gasteiger partial charge in [0.05, 0.1) is 0 Å². The molecule has 0 amide bonds. The van der Waals surface area contributed by atoms with Crippen LogP contribution in [-0.4, -0.2) is 48.5 Å². The predicted octanol–water partition coefficient (Wildman–Crippen LogP) is 1.80. The Hall–Kier alpha value is -1.24. The predicted molar refractivity (Wildman–Crippen MR) is 63.9 cm³/mol. The number of rotatable bonds is 4. The first-order valence-electron chi connectivity index (χ1n) is 5.93. The van der Waals surface area contributed by atoms with Crippen molar-refractivity contribution in [2.24, 2.45) is 0 Å². The van der Waals surface area contributed by atoms with Crippen LogP contribution in [0.3, 0.4) is 0 Å². The highest BCUT2D eigenvalue weighted by Crippen LogP contribution is 2.15. The largest absolute Gasteiger partial charge is 0.350 e. The lowest BCUT2D eigenvalue weighted by Crippen LogP contribution is -2.43. The third kappa shape index (κ3) is 3.90. The summed E-state index contributed by atoms with van der Waals surface area (Å²) in [5, 5.41) is 0. The van der Waals surface area contributed by atoms with E-state index in [9.17, 15) is 8.96 Å². The van der Waals surface area contributed by atoms with Crippen LogP contribution >= 0.6 is 0 Å². The second-order valence-electron chi connectivity index (χ2n) is 4.52. The Morgan fingerprint density at radius 1 is 1.11 bits per heavy atom. The lowest BCUT2D eigenvalue weighted by Gasteiger charge is -2.32. The number of hydrogen-bond acceptors (Lipinski definition) is 4. The van der Waals surface area contributed by atoms with Gasteiger partial charge in [0.1, 0.15) is 0 Å². The molecule has 1 fully saturated rings. The standard InChI is InChI=1S/C12H17F2N3O/c1-15-6-8-16(9-7-15)10-11-2-4-12(5-3-11)18-17(13)14/h2-5H,6-10H2,1H3. The molecule has 1 heterocycles. The van der Waals surface area contributed by atoms with Crippen LogP contribution in [0.1, 0.15) is 5.56 Å². The lowest BCUT2D eigenvalue weighted by atomic mass is 10.2. The topological polar surface area (TPSA) is 19.0 Å². The van der Waals surface area contributed by atoms with E-state index in [0.717, 1.165) is 38.3 Å². The van der Waals surface area contributed by atoms with Crippen molar-refractivity contribution in [3.63, 3.8) is 0 Å². The zero-order valence-corrected chi connectivity index (χ0v) is 10.4. The Balaban J connectivity index is 1.86. The molecule has 0 aromatic heterocycles. The summed E-state index contributed by atoms with van der Waals surface area (Å²) in [7, 11) is 2.11. The normalized spacial score (nSPS) is 18.2. The maximum absolute atomic E-state index is 11.8. The molecule has 0 atom stereocenters. The van der Waals surface area contributed by atoms with Crippen LogP contribution in [-0.2, 0) is 6.54 Å². The molecule has 1 aromatic rings. The number of hydrogen-bond donors (Lipinski definition) is 0. The van der Waals surface area contributed by atoms with Gasteiger partial charge >= 0.3 is 0 Å². The van der Waals surface area contributed by atoms with Gasteiger partial charge in [-0.25, -0.2) is 0 Å². The average molecular weight is 257 g/mol. The van der Waals surface area contributed by atoms with Crippen molar-refractivity contribution < 1.29 is 13.8 Å². The molecule has 100 valence electrons. The molecule has 0 spiro atoms. The minimum absolute atomic E-state index is 0.141. The zero-order valence-electron chi connectivity index (χ0n) is 10.4. The molecule has 0 bridgehead atoms. The highest BCUT2D eigenvalue weighted by Gasteiger charge is 2.13. The van der Waals surface area contributed by atoms with Gasteiger partial charge in [0.15, 0.2) is 5.75 Å². The molecule has 1 aliphatic heterocycles. The molecule has 0 radical (unpaired) electrons. The van der Waals surface area contributed by atoms with Crippen molar-refractivity contribution in [2.45, 2.75) is 6.54 Å². The molecule has 0 saturated carbocycles. The third-order valence-electron chi connectivity index (χ3n) is 3.10. The van der Waals surface area contributed by atoms with Crippen LogP contribution < -0.4 is 4.84 Å². The summed E-state index contributed by atoms with van der Waals surface area (Å²) in [6.07, 6.45) is 0. The summed E-state index contributed by atoms with van der Waals surface area (Å²) in [6, 6.07) is 6.74. The number of nitrogens with zero attached hydrogens (tertiary/aromatic N) is 3. The molecule has 0 N–H and O–H groups in total. The fourth-order valence-corrected chi connectivity index (χ4v) is 2.00. The summed E-state index contributed by atoms with van der Waals surface area (Å²) in [6.45, 7) is 5.07. The minimum atomic E-state index is -1.30. The second kappa shape index (κ2) is 6.08. The van der Waals surface area contributed by atoms with E-state index in [1.807, 2.05) is 12.1 Å². The van der Waals surface area contributed by atoms with Crippen molar-refractivity contribution in [2.75, 3.05) is 33.2 Å². The molecule has 0 aliphatic carbocycles. The van der Waals surface area contributed by atoms with E-state index in [1.54, 1.807) is 12.1 Å². The maximum atomic E-state index is 11.8. The molecular formula is C12H17F2N3O. The minimum Gasteiger partial charge on any atom is -0.350 e. The Morgan fingerprint density at radius 3 is 2.28 bits per heavy atom. The smallest absolute Gasteiger partial charge is 0.210 e. The van der Waals surface area contributed by atoms with Gasteiger partial charge in [-0.2, -0.15) is 0 Å².